The fourth-order valence-electron chi connectivity index (χ4n) is 5.53. The van der Waals surface area contributed by atoms with Gasteiger partial charge in [-0.05, 0) is 49.3 Å². The average Bonchev–Trinajstić information content (AvgIpc) is 3.47. The Morgan fingerprint density at radius 3 is 2.19 bits per heavy atom. The highest BCUT2D eigenvalue weighted by Crippen LogP contribution is 2.56. The van der Waals surface area contributed by atoms with E-state index in [0.29, 0.717) is 0 Å². The van der Waals surface area contributed by atoms with Gasteiger partial charge in [-0.25, -0.2) is 9.40 Å². The number of non-ortho nitro benzene ring substituents is 1. The van der Waals surface area contributed by atoms with Gasteiger partial charge in [-0.2, -0.15) is 5.01 Å². The van der Waals surface area contributed by atoms with E-state index in [2.05, 4.69) is 0 Å². The van der Waals surface area contributed by atoms with Crippen LogP contribution >= 0.6 is 0 Å². The molecule has 32 heavy (non-hydrogen) atoms. The van der Waals surface area contributed by atoms with Gasteiger partial charge in [0.2, 0.25) is 0 Å². The number of carbonyl (C=O) groups is 3. The number of imide groups is 1. The second kappa shape index (κ2) is 7.51. The highest BCUT2D eigenvalue weighted by Gasteiger charge is 2.62. The van der Waals surface area contributed by atoms with Gasteiger partial charge in [0.05, 0.1) is 23.3 Å². The fourth-order valence-corrected chi connectivity index (χ4v) is 5.53. The first-order chi connectivity index (χ1) is 15.4. The standard InChI is InChI=1S/C23H20FN3O5/c24-18-4-2-1-3-16(18)12-25(21(28)13-7-9-17(10-8-13)27(31)32)26-22(29)19-14-5-6-15(11-14)20(19)23(26)30/h1-4,7-10,14-15,19-20H,5-6,11-12H2/t14-,15-,19-,20-/m0/s1. The number of hydrogen-bond acceptors (Lipinski definition) is 5. The molecule has 8 nitrogen and oxygen atoms in total. The highest BCUT2D eigenvalue weighted by atomic mass is 19.1. The molecule has 5 rings (SSSR count). The number of hydrogen-bond donors (Lipinski definition) is 0. The Morgan fingerprint density at radius 1 is 1.03 bits per heavy atom. The Kier molecular flexibility index (Phi) is 4.76. The molecule has 3 fully saturated rings. The molecule has 2 aromatic carbocycles. The lowest BCUT2D eigenvalue weighted by Crippen LogP contribution is -2.50. The van der Waals surface area contributed by atoms with Crippen LogP contribution in [0, 0.1) is 39.6 Å². The number of nitro groups is 1. The summed E-state index contributed by atoms with van der Waals surface area (Å²) in [5, 5.41) is 12.8. The summed E-state index contributed by atoms with van der Waals surface area (Å²) in [5.41, 5.74) is 0.0256. The lowest BCUT2D eigenvalue weighted by molar-refractivity contribution is -0.384. The first-order valence-corrected chi connectivity index (χ1v) is 10.5. The van der Waals surface area contributed by atoms with E-state index >= 15 is 0 Å². The smallest absolute Gasteiger partial charge is 0.272 e. The van der Waals surface area contributed by atoms with Gasteiger partial charge in [0.25, 0.3) is 23.4 Å². The quantitative estimate of drug-likeness (QED) is 0.406. The maximum Gasteiger partial charge on any atom is 0.273 e. The summed E-state index contributed by atoms with van der Waals surface area (Å²) >= 11 is 0. The topological polar surface area (TPSA) is 101 Å². The molecule has 2 bridgehead atoms. The third-order valence-electron chi connectivity index (χ3n) is 6.98. The van der Waals surface area contributed by atoms with Crippen molar-refractivity contribution in [3.8, 4) is 0 Å². The molecule has 0 spiro atoms. The zero-order valence-corrected chi connectivity index (χ0v) is 17.0. The van der Waals surface area contributed by atoms with Crippen molar-refractivity contribution in [2.24, 2.45) is 23.7 Å². The third kappa shape index (κ3) is 3.07. The number of fused-ring (bicyclic) bond motifs is 5. The van der Waals surface area contributed by atoms with E-state index in [1.807, 2.05) is 0 Å². The zero-order chi connectivity index (χ0) is 22.6. The van der Waals surface area contributed by atoms with Crippen molar-refractivity contribution in [2.45, 2.75) is 25.8 Å². The molecule has 0 radical (unpaired) electrons. The molecule has 2 aliphatic carbocycles. The van der Waals surface area contributed by atoms with E-state index < -0.39 is 40.3 Å². The average molecular weight is 437 g/mol. The Labute approximate surface area is 182 Å². The number of amides is 3. The van der Waals surface area contributed by atoms with Gasteiger partial charge in [0.15, 0.2) is 0 Å². The first-order valence-electron chi connectivity index (χ1n) is 10.5. The van der Waals surface area contributed by atoms with Crippen molar-refractivity contribution in [3.05, 3.63) is 75.6 Å². The number of hydrazine groups is 1. The first kappa shape index (κ1) is 20.3. The fraction of sp³-hybridized carbons (Fsp3) is 0.348. The summed E-state index contributed by atoms with van der Waals surface area (Å²) in [4.78, 5) is 50.4. The largest absolute Gasteiger partial charge is 0.273 e. The maximum absolute atomic E-state index is 14.4. The third-order valence-corrected chi connectivity index (χ3v) is 6.98. The van der Waals surface area contributed by atoms with E-state index in [9.17, 15) is 28.9 Å². The summed E-state index contributed by atoms with van der Waals surface area (Å²) < 4.78 is 14.4. The van der Waals surface area contributed by atoms with Crippen LogP contribution < -0.4 is 0 Å². The Bertz CT molecular complexity index is 1110. The lowest BCUT2D eigenvalue weighted by Gasteiger charge is -2.31. The molecule has 2 saturated carbocycles. The van der Waals surface area contributed by atoms with Crippen molar-refractivity contribution in [1.82, 2.24) is 10.0 Å². The van der Waals surface area contributed by atoms with Gasteiger partial charge in [0.1, 0.15) is 5.82 Å². The summed E-state index contributed by atoms with van der Waals surface area (Å²) in [6, 6.07) is 10.7. The van der Waals surface area contributed by atoms with E-state index in [1.165, 1.54) is 42.5 Å². The molecular weight excluding hydrogens is 417 g/mol. The van der Waals surface area contributed by atoms with Crippen LogP contribution in [-0.2, 0) is 16.1 Å². The molecule has 3 aliphatic rings. The molecule has 1 heterocycles. The van der Waals surface area contributed by atoms with E-state index in [1.54, 1.807) is 6.07 Å². The SMILES string of the molecule is O=C(c1ccc([N+](=O)[O-])cc1)N(Cc1ccccc1F)N1C(=O)[C@H]2[C@H]3CC[C@@H](C3)[C@@H]2C1=O. The second-order valence-electron chi connectivity index (χ2n) is 8.63. The molecule has 0 aromatic heterocycles. The second-order valence-corrected chi connectivity index (χ2v) is 8.63. The minimum atomic E-state index is -0.697. The predicted octanol–water partition coefficient (Wildman–Crippen LogP) is 3.32. The van der Waals surface area contributed by atoms with Crippen LogP contribution in [0.4, 0.5) is 10.1 Å². The molecule has 9 heteroatoms. The number of halogens is 1. The van der Waals surface area contributed by atoms with Crippen LogP contribution in [0.2, 0.25) is 0 Å². The molecular formula is C23H20FN3O5. The monoisotopic (exact) mass is 437 g/mol. The molecule has 4 atom stereocenters. The Hall–Kier alpha value is -3.62. The number of nitrogens with zero attached hydrogens (tertiary/aromatic N) is 3. The van der Waals surface area contributed by atoms with E-state index in [0.717, 1.165) is 29.3 Å². The lowest BCUT2D eigenvalue weighted by atomic mass is 9.81. The Morgan fingerprint density at radius 2 is 1.62 bits per heavy atom. The zero-order valence-electron chi connectivity index (χ0n) is 17.0. The summed E-state index contributed by atoms with van der Waals surface area (Å²) in [5.74, 6) is -2.70. The molecule has 164 valence electrons. The van der Waals surface area contributed by atoms with Crippen LogP contribution in [-0.4, -0.2) is 32.7 Å². The molecule has 3 amide bonds. The summed E-state index contributed by atoms with van der Waals surface area (Å²) in [6.07, 6.45) is 2.63. The molecule has 2 aromatic rings. The number of rotatable bonds is 5. The minimum Gasteiger partial charge on any atom is -0.272 e. The van der Waals surface area contributed by atoms with Gasteiger partial charge < -0.3 is 0 Å². The van der Waals surface area contributed by atoms with Crippen LogP contribution in [0.3, 0.4) is 0 Å². The highest BCUT2D eigenvalue weighted by molar-refractivity contribution is 6.08. The van der Waals surface area contributed by atoms with Crippen molar-refractivity contribution in [3.63, 3.8) is 0 Å². The van der Waals surface area contributed by atoms with Gasteiger partial charge in [-0.15, -0.1) is 0 Å². The van der Waals surface area contributed by atoms with Crippen molar-refractivity contribution in [2.75, 3.05) is 0 Å². The maximum atomic E-state index is 14.4. The van der Waals surface area contributed by atoms with Gasteiger partial charge in [-0.1, -0.05) is 18.2 Å². The van der Waals surface area contributed by atoms with Crippen molar-refractivity contribution < 1.29 is 23.7 Å². The van der Waals surface area contributed by atoms with Crippen molar-refractivity contribution in [1.29, 1.82) is 0 Å². The summed E-state index contributed by atoms with van der Waals surface area (Å²) in [6.45, 7) is -0.311. The molecule has 1 aliphatic heterocycles. The van der Waals surface area contributed by atoms with Gasteiger partial charge in [0, 0.05) is 23.3 Å². The van der Waals surface area contributed by atoms with E-state index in [4.69, 9.17) is 0 Å². The summed E-state index contributed by atoms with van der Waals surface area (Å²) in [7, 11) is 0. The van der Waals surface area contributed by atoms with Crippen LogP contribution in [0.5, 0.6) is 0 Å². The minimum absolute atomic E-state index is 0.0626. The molecule has 0 N–H and O–H groups in total. The molecule has 1 saturated heterocycles. The van der Waals surface area contributed by atoms with Crippen LogP contribution in [0.1, 0.15) is 35.2 Å². The predicted molar refractivity (Wildman–Crippen MR) is 109 cm³/mol. The van der Waals surface area contributed by atoms with Gasteiger partial charge in [-0.3, -0.25) is 24.5 Å². The molecule has 0 unspecified atom stereocenters. The van der Waals surface area contributed by atoms with Gasteiger partial charge >= 0.3 is 0 Å². The normalized spacial score (nSPS) is 25.8. The van der Waals surface area contributed by atoms with Crippen LogP contribution in [0.15, 0.2) is 48.5 Å². The number of nitro benzene ring substituents is 1. The van der Waals surface area contributed by atoms with Crippen molar-refractivity contribution >= 4 is 23.4 Å². The van der Waals surface area contributed by atoms with Crippen LogP contribution in [0.25, 0.3) is 0 Å². The number of carbonyl (C=O) groups excluding carboxylic acids is 3. The Balaban J connectivity index is 1.52. The van der Waals surface area contributed by atoms with E-state index in [-0.39, 0.29) is 35.2 Å². The number of benzene rings is 2.